The number of aromatic carboxylic acids is 1. The molecule has 1 aromatic heterocycles. The second-order valence-corrected chi connectivity index (χ2v) is 12.2. The van der Waals surface area contributed by atoms with Crippen molar-refractivity contribution in [3.05, 3.63) is 100 Å². The highest BCUT2D eigenvalue weighted by molar-refractivity contribution is 5.87. The number of hydrogen-bond donors (Lipinski definition) is 1. The van der Waals surface area contributed by atoms with Crippen molar-refractivity contribution in [2.75, 3.05) is 19.6 Å². The van der Waals surface area contributed by atoms with Crippen molar-refractivity contribution in [2.24, 2.45) is 0 Å². The minimum Gasteiger partial charge on any atom is -0.478 e. The summed E-state index contributed by atoms with van der Waals surface area (Å²) < 4.78 is 0. The minimum atomic E-state index is -0.957. The van der Waals surface area contributed by atoms with Crippen LogP contribution >= 0.6 is 0 Å². The topological polar surface area (TPSA) is 77.0 Å². The fourth-order valence-corrected chi connectivity index (χ4v) is 5.95. The lowest BCUT2D eigenvalue weighted by molar-refractivity contribution is 0.0696. The lowest BCUT2D eigenvalue weighted by Gasteiger charge is -2.39. The van der Waals surface area contributed by atoms with E-state index >= 15 is 0 Å². The summed E-state index contributed by atoms with van der Waals surface area (Å²) in [5.41, 5.74) is 5.72. The Morgan fingerprint density at radius 1 is 0.975 bits per heavy atom. The van der Waals surface area contributed by atoms with Crippen LogP contribution in [0.15, 0.2) is 66.7 Å². The first kappa shape index (κ1) is 27.8. The van der Waals surface area contributed by atoms with Gasteiger partial charge in [-0.1, -0.05) is 69.3 Å². The van der Waals surface area contributed by atoms with Crippen LogP contribution in [0.5, 0.6) is 0 Å². The molecule has 0 aliphatic carbocycles. The van der Waals surface area contributed by atoms with Crippen LogP contribution in [0, 0.1) is 6.92 Å². The first-order chi connectivity index (χ1) is 19.1. The Kier molecular flexibility index (Phi) is 7.95. The number of urea groups is 1. The molecule has 7 nitrogen and oxygen atoms in total. The van der Waals surface area contributed by atoms with Gasteiger partial charge in [-0.25, -0.2) is 9.59 Å². The second kappa shape index (κ2) is 11.4. The predicted octanol–water partition coefficient (Wildman–Crippen LogP) is 6.03. The Morgan fingerprint density at radius 2 is 1.70 bits per heavy atom. The summed E-state index contributed by atoms with van der Waals surface area (Å²) in [6.07, 6.45) is 1.84. The van der Waals surface area contributed by atoms with Gasteiger partial charge < -0.3 is 14.9 Å². The molecule has 3 heterocycles. The first-order valence-electron chi connectivity index (χ1n) is 14.2. The Hall–Kier alpha value is -3.71. The number of pyridine rings is 1. The maximum atomic E-state index is 13.9. The Bertz CT molecular complexity index is 1360. The average Bonchev–Trinajstić information content (AvgIpc) is 3.26. The van der Waals surface area contributed by atoms with E-state index in [0.717, 1.165) is 55.0 Å². The van der Waals surface area contributed by atoms with Crippen molar-refractivity contribution in [3.8, 4) is 0 Å². The number of rotatable bonds is 7. The van der Waals surface area contributed by atoms with Crippen LogP contribution in [-0.2, 0) is 18.5 Å². The highest BCUT2D eigenvalue weighted by Crippen LogP contribution is 2.36. The summed E-state index contributed by atoms with van der Waals surface area (Å²) >= 11 is 0. The number of benzene rings is 2. The molecule has 5 rings (SSSR count). The maximum absolute atomic E-state index is 13.9. The van der Waals surface area contributed by atoms with Crippen molar-refractivity contribution in [1.82, 2.24) is 19.7 Å². The lowest BCUT2D eigenvalue weighted by atomic mass is 9.91. The van der Waals surface area contributed by atoms with E-state index in [4.69, 9.17) is 4.98 Å². The van der Waals surface area contributed by atoms with Gasteiger partial charge in [-0.15, -0.1) is 0 Å². The number of aryl methyl sites for hydroxylation is 1. The number of hydrogen-bond acceptors (Lipinski definition) is 4. The van der Waals surface area contributed by atoms with Gasteiger partial charge in [-0.2, -0.15) is 0 Å². The van der Waals surface area contributed by atoms with Gasteiger partial charge in [-0.3, -0.25) is 9.88 Å². The molecule has 3 aromatic rings. The molecule has 0 radical (unpaired) electrons. The predicted molar refractivity (Wildman–Crippen MR) is 156 cm³/mol. The van der Waals surface area contributed by atoms with E-state index in [2.05, 4.69) is 61.8 Å². The van der Waals surface area contributed by atoms with E-state index in [-0.39, 0.29) is 29.1 Å². The Balaban J connectivity index is 1.29. The highest BCUT2D eigenvalue weighted by Gasteiger charge is 2.42. The smallest absolute Gasteiger partial charge is 0.335 e. The molecule has 7 heteroatoms. The SMILES string of the molecule is Cc1nc(C(C)(C)C)ccc1CN1CCC(N2C(=O)N(Cc3cccc(C(=O)O)c3)C[C@H]2c2ccccc2)CC1. The number of carboxylic acids is 1. The van der Waals surface area contributed by atoms with E-state index in [1.807, 2.05) is 29.2 Å². The normalized spacial score (nSPS) is 18.9. The molecule has 0 spiro atoms. The molecule has 40 heavy (non-hydrogen) atoms. The third-order valence-corrected chi connectivity index (χ3v) is 8.26. The molecule has 0 bridgehead atoms. The van der Waals surface area contributed by atoms with Gasteiger partial charge in [0.05, 0.1) is 11.6 Å². The molecular weight excluding hydrogens is 500 g/mol. The molecular formula is C33H40N4O3. The fraction of sp³-hybridized carbons (Fsp3) is 0.424. The van der Waals surface area contributed by atoms with Crippen molar-refractivity contribution in [2.45, 2.75) is 71.1 Å². The molecule has 2 amide bonds. The quantitative estimate of drug-likeness (QED) is 0.396. The van der Waals surface area contributed by atoms with E-state index in [1.54, 1.807) is 18.2 Å². The molecule has 1 N–H and O–H groups in total. The number of aromatic nitrogens is 1. The fourth-order valence-electron chi connectivity index (χ4n) is 5.95. The zero-order chi connectivity index (χ0) is 28.4. The second-order valence-electron chi connectivity index (χ2n) is 12.2. The number of carbonyl (C=O) groups is 2. The zero-order valence-electron chi connectivity index (χ0n) is 24.0. The van der Waals surface area contributed by atoms with Crippen LogP contribution in [0.3, 0.4) is 0 Å². The number of carboxylic acid groups (broad SMARTS) is 1. The van der Waals surface area contributed by atoms with Crippen molar-refractivity contribution >= 4 is 12.0 Å². The number of piperidine rings is 1. The van der Waals surface area contributed by atoms with E-state index in [9.17, 15) is 14.7 Å². The number of amides is 2. The van der Waals surface area contributed by atoms with Crippen molar-refractivity contribution in [1.29, 1.82) is 0 Å². The van der Waals surface area contributed by atoms with Gasteiger partial charge >= 0.3 is 12.0 Å². The van der Waals surface area contributed by atoms with Crippen LogP contribution in [0.1, 0.15) is 78.1 Å². The summed E-state index contributed by atoms with van der Waals surface area (Å²) in [4.78, 5) is 36.7. The summed E-state index contributed by atoms with van der Waals surface area (Å²) in [6.45, 7) is 12.4. The molecule has 2 aromatic carbocycles. The summed E-state index contributed by atoms with van der Waals surface area (Å²) in [7, 11) is 0. The Labute approximate surface area is 237 Å². The number of carbonyl (C=O) groups excluding carboxylic acids is 1. The number of likely N-dealkylation sites (tertiary alicyclic amines) is 1. The van der Waals surface area contributed by atoms with Crippen molar-refractivity contribution < 1.29 is 14.7 Å². The van der Waals surface area contributed by atoms with Gasteiger partial charge in [-0.05, 0) is 54.7 Å². The van der Waals surface area contributed by atoms with Gasteiger partial charge in [0, 0.05) is 55.6 Å². The standard InChI is InChI=1S/C33H40N4O3/c1-23-27(13-14-30(34-23)33(2,3)4)21-35-17-15-28(16-18-35)37-29(25-10-6-5-7-11-25)22-36(32(37)40)20-24-9-8-12-26(19-24)31(38)39/h5-14,19,28-29H,15-18,20-22H2,1-4H3,(H,38,39)/t29-/m0/s1. The van der Waals surface area contributed by atoms with Crippen LogP contribution < -0.4 is 0 Å². The van der Waals surface area contributed by atoms with Gasteiger partial charge in [0.1, 0.15) is 0 Å². The van der Waals surface area contributed by atoms with Gasteiger partial charge in [0.15, 0.2) is 0 Å². The van der Waals surface area contributed by atoms with Crippen LogP contribution in [-0.4, -0.2) is 62.5 Å². The van der Waals surface area contributed by atoms with E-state index in [1.165, 1.54) is 5.56 Å². The summed E-state index contributed by atoms with van der Waals surface area (Å²) in [6, 6.07) is 21.7. The third-order valence-electron chi connectivity index (χ3n) is 8.26. The molecule has 2 fully saturated rings. The average molecular weight is 541 g/mol. The maximum Gasteiger partial charge on any atom is 0.335 e. The molecule has 2 aliphatic heterocycles. The molecule has 0 saturated carbocycles. The van der Waals surface area contributed by atoms with Gasteiger partial charge in [0.2, 0.25) is 0 Å². The van der Waals surface area contributed by atoms with Crippen molar-refractivity contribution in [3.63, 3.8) is 0 Å². The van der Waals surface area contributed by atoms with Crippen LogP contribution in [0.4, 0.5) is 4.79 Å². The number of nitrogens with zero attached hydrogens (tertiary/aromatic N) is 4. The lowest BCUT2D eigenvalue weighted by Crippen LogP contribution is -2.47. The molecule has 1 atom stereocenters. The molecule has 2 aliphatic rings. The highest BCUT2D eigenvalue weighted by atomic mass is 16.4. The monoisotopic (exact) mass is 540 g/mol. The molecule has 210 valence electrons. The third kappa shape index (κ3) is 6.04. The Morgan fingerprint density at radius 3 is 2.35 bits per heavy atom. The largest absolute Gasteiger partial charge is 0.478 e. The van der Waals surface area contributed by atoms with E-state index < -0.39 is 5.97 Å². The van der Waals surface area contributed by atoms with Crippen LogP contribution in [0.25, 0.3) is 0 Å². The minimum absolute atomic E-state index is 0.0238. The van der Waals surface area contributed by atoms with E-state index in [0.29, 0.717) is 13.1 Å². The molecule has 0 unspecified atom stereocenters. The summed E-state index contributed by atoms with van der Waals surface area (Å²) in [5.74, 6) is -0.957. The van der Waals surface area contributed by atoms with Gasteiger partial charge in [0.25, 0.3) is 0 Å². The van der Waals surface area contributed by atoms with Crippen LogP contribution in [0.2, 0.25) is 0 Å². The zero-order valence-corrected chi connectivity index (χ0v) is 24.0. The first-order valence-corrected chi connectivity index (χ1v) is 14.2. The summed E-state index contributed by atoms with van der Waals surface area (Å²) in [5, 5.41) is 9.40. The molecule has 2 saturated heterocycles.